The lowest BCUT2D eigenvalue weighted by atomic mass is 10.0. The molecular formula is C22H18Cl2FNO3. The molecule has 2 aromatic carbocycles. The van der Waals surface area contributed by atoms with Crippen LogP contribution in [-0.4, -0.2) is 22.7 Å². The molecule has 0 radical (unpaired) electrons. The largest absolute Gasteiger partial charge is 0.493 e. The van der Waals surface area contributed by atoms with E-state index >= 15 is 0 Å². The molecule has 3 rings (SSSR count). The molecule has 4 nitrogen and oxygen atoms in total. The van der Waals surface area contributed by atoms with Gasteiger partial charge in [0.1, 0.15) is 11.6 Å². The maximum Gasteiger partial charge on any atom is 0.337 e. The lowest BCUT2D eigenvalue weighted by molar-refractivity contribution is 0.0695. The smallest absolute Gasteiger partial charge is 0.337 e. The molecule has 1 heterocycles. The van der Waals surface area contributed by atoms with Gasteiger partial charge in [0.05, 0.1) is 23.6 Å². The highest BCUT2D eigenvalue weighted by Crippen LogP contribution is 2.33. The van der Waals surface area contributed by atoms with Crippen LogP contribution in [0.15, 0.2) is 48.5 Å². The van der Waals surface area contributed by atoms with Crippen LogP contribution in [-0.2, 0) is 6.42 Å². The van der Waals surface area contributed by atoms with Crippen LogP contribution in [0.2, 0.25) is 10.0 Å². The van der Waals surface area contributed by atoms with Crippen LogP contribution in [0.3, 0.4) is 0 Å². The number of carboxylic acids is 1. The van der Waals surface area contributed by atoms with Gasteiger partial charge in [0.25, 0.3) is 0 Å². The minimum atomic E-state index is -1.10. The quantitative estimate of drug-likeness (QED) is 0.476. The number of hydrogen-bond donors (Lipinski definition) is 1. The molecule has 0 aliphatic carbocycles. The monoisotopic (exact) mass is 433 g/mol. The minimum Gasteiger partial charge on any atom is -0.493 e. The summed E-state index contributed by atoms with van der Waals surface area (Å²) in [5.74, 6) is -0.991. The van der Waals surface area contributed by atoms with Gasteiger partial charge in [-0.05, 0) is 54.4 Å². The Balaban J connectivity index is 2.07. The third-order valence-corrected chi connectivity index (χ3v) is 4.85. The number of aromatic nitrogens is 1. The van der Waals surface area contributed by atoms with Crippen molar-refractivity contribution in [2.75, 3.05) is 6.61 Å². The molecule has 0 atom stereocenters. The van der Waals surface area contributed by atoms with Gasteiger partial charge in [-0.3, -0.25) is 4.98 Å². The van der Waals surface area contributed by atoms with Crippen LogP contribution < -0.4 is 4.74 Å². The van der Waals surface area contributed by atoms with Crippen LogP contribution in [0.1, 0.15) is 35.0 Å². The van der Waals surface area contributed by atoms with Gasteiger partial charge in [0, 0.05) is 22.0 Å². The lowest BCUT2D eigenvalue weighted by Gasteiger charge is -2.13. The van der Waals surface area contributed by atoms with Crippen molar-refractivity contribution in [1.82, 2.24) is 4.98 Å². The molecule has 0 bridgehead atoms. The fourth-order valence-electron chi connectivity index (χ4n) is 2.87. The van der Waals surface area contributed by atoms with Gasteiger partial charge < -0.3 is 9.84 Å². The highest BCUT2D eigenvalue weighted by Gasteiger charge is 2.17. The van der Waals surface area contributed by atoms with Crippen LogP contribution in [0.25, 0.3) is 11.3 Å². The molecule has 7 heteroatoms. The fraction of sp³-hybridized carbons (Fsp3) is 0.182. The van der Waals surface area contributed by atoms with Crippen molar-refractivity contribution < 1.29 is 19.0 Å². The Morgan fingerprint density at radius 3 is 2.62 bits per heavy atom. The molecule has 0 saturated heterocycles. The number of rotatable bonds is 7. The number of nitrogens with zero attached hydrogens (tertiary/aromatic N) is 1. The van der Waals surface area contributed by atoms with Crippen molar-refractivity contribution in [3.63, 3.8) is 0 Å². The van der Waals surface area contributed by atoms with Crippen molar-refractivity contribution in [3.05, 3.63) is 81.2 Å². The van der Waals surface area contributed by atoms with Crippen LogP contribution >= 0.6 is 23.2 Å². The number of halogens is 3. The number of pyridine rings is 1. The third-order valence-electron chi connectivity index (χ3n) is 4.26. The normalized spacial score (nSPS) is 10.8. The van der Waals surface area contributed by atoms with E-state index < -0.39 is 11.8 Å². The zero-order chi connectivity index (χ0) is 21.0. The summed E-state index contributed by atoms with van der Waals surface area (Å²) in [4.78, 5) is 16.2. The molecule has 1 aromatic heterocycles. The van der Waals surface area contributed by atoms with Gasteiger partial charge in [0.15, 0.2) is 0 Å². The summed E-state index contributed by atoms with van der Waals surface area (Å²) in [5, 5.41) is 10.3. The number of aromatic carboxylic acids is 1. The summed E-state index contributed by atoms with van der Waals surface area (Å²) in [6.07, 6.45) is 0.971. The van der Waals surface area contributed by atoms with Crippen LogP contribution in [0, 0.1) is 5.82 Å². The Morgan fingerprint density at radius 2 is 1.93 bits per heavy atom. The zero-order valence-corrected chi connectivity index (χ0v) is 17.1. The first kappa shape index (κ1) is 21.1. The van der Waals surface area contributed by atoms with Crippen molar-refractivity contribution in [2.45, 2.75) is 19.8 Å². The number of carbonyl (C=O) groups is 1. The Bertz CT molecular complexity index is 1060. The standard InChI is InChI=1S/C22H18Cl2FNO3/c1-2-9-29-21-11-14(23)4-6-16(21)19-8-7-17(22(27)28)20(26-19)10-13-3-5-15(25)12-18(13)24/h3-8,11-12H,2,9-10H2,1H3,(H,27,28). The second-order valence-corrected chi connectivity index (χ2v) is 7.24. The van der Waals surface area contributed by atoms with Gasteiger partial charge in [-0.2, -0.15) is 0 Å². The van der Waals surface area contributed by atoms with E-state index in [0.29, 0.717) is 39.9 Å². The first-order valence-electron chi connectivity index (χ1n) is 8.99. The summed E-state index contributed by atoms with van der Waals surface area (Å²) in [6, 6.07) is 12.3. The number of carboxylic acid groups (broad SMARTS) is 1. The molecular weight excluding hydrogens is 416 g/mol. The molecule has 0 fully saturated rings. The second kappa shape index (κ2) is 9.25. The van der Waals surface area contributed by atoms with E-state index in [1.807, 2.05) is 6.92 Å². The van der Waals surface area contributed by atoms with E-state index in [0.717, 1.165) is 6.42 Å². The first-order valence-corrected chi connectivity index (χ1v) is 9.74. The van der Waals surface area contributed by atoms with E-state index in [9.17, 15) is 14.3 Å². The Labute approximate surface area is 177 Å². The predicted octanol–water partition coefficient (Wildman–Crippen LogP) is 6.27. The highest BCUT2D eigenvalue weighted by atomic mass is 35.5. The maximum absolute atomic E-state index is 13.3. The number of benzene rings is 2. The molecule has 3 aromatic rings. The number of hydrogen-bond acceptors (Lipinski definition) is 3. The Hall–Kier alpha value is -2.63. The molecule has 0 spiro atoms. The van der Waals surface area contributed by atoms with Crippen molar-refractivity contribution in [1.29, 1.82) is 0 Å². The van der Waals surface area contributed by atoms with Gasteiger partial charge in [-0.25, -0.2) is 9.18 Å². The third kappa shape index (κ3) is 5.05. The topological polar surface area (TPSA) is 59.4 Å². The summed E-state index contributed by atoms with van der Waals surface area (Å²) in [6.45, 7) is 2.51. The molecule has 0 aliphatic heterocycles. The van der Waals surface area contributed by atoms with E-state index in [4.69, 9.17) is 27.9 Å². The Morgan fingerprint density at radius 1 is 1.14 bits per heavy atom. The molecule has 150 valence electrons. The second-order valence-electron chi connectivity index (χ2n) is 6.40. The zero-order valence-electron chi connectivity index (χ0n) is 15.6. The molecule has 0 saturated carbocycles. The van der Waals surface area contributed by atoms with Gasteiger partial charge in [-0.1, -0.05) is 36.2 Å². The molecule has 1 N–H and O–H groups in total. The van der Waals surface area contributed by atoms with E-state index in [2.05, 4.69) is 4.98 Å². The average molecular weight is 434 g/mol. The summed E-state index contributed by atoms with van der Waals surface area (Å²) in [7, 11) is 0. The van der Waals surface area contributed by atoms with Crippen molar-refractivity contribution in [3.8, 4) is 17.0 Å². The van der Waals surface area contributed by atoms with E-state index in [1.54, 1.807) is 24.3 Å². The summed E-state index contributed by atoms with van der Waals surface area (Å²) in [5.41, 5.74) is 2.20. The van der Waals surface area contributed by atoms with E-state index in [1.165, 1.54) is 24.3 Å². The molecule has 0 amide bonds. The van der Waals surface area contributed by atoms with E-state index in [-0.39, 0.29) is 17.0 Å². The molecule has 0 unspecified atom stereocenters. The summed E-state index contributed by atoms with van der Waals surface area (Å²) >= 11 is 12.2. The van der Waals surface area contributed by atoms with Crippen molar-refractivity contribution in [2.24, 2.45) is 0 Å². The Kier molecular flexibility index (Phi) is 6.72. The fourth-order valence-corrected chi connectivity index (χ4v) is 3.26. The van der Waals surface area contributed by atoms with Crippen LogP contribution in [0.4, 0.5) is 4.39 Å². The van der Waals surface area contributed by atoms with Crippen molar-refractivity contribution >= 4 is 29.2 Å². The molecule has 29 heavy (non-hydrogen) atoms. The first-order chi connectivity index (χ1) is 13.9. The SMILES string of the molecule is CCCOc1cc(Cl)ccc1-c1ccc(C(=O)O)c(Cc2ccc(F)cc2Cl)n1. The van der Waals surface area contributed by atoms with Gasteiger partial charge >= 0.3 is 5.97 Å². The van der Waals surface area contributed by atoms with Gasteiger partial charge in [-0.15, -0.1) is 0 Å². The van der Waals surface area contributed by atoms with Crippen LogP contribution in [0.5, 0.6) is 5.75 Å². The average Bonchev–Trinajstić information content (AvgIpc) is 2.68. The van der Waals surface area contributed by atoms with Gasteiger partial charge in [0.2, 0.25) is 0 Å². The number of ether oxygens (including phenoxy) is 1. The minimum absolute atomic E-state index is 0.0548. The lowest BCUT2D eigenvalue weighted by Crippen LogP contribution is -2.07. The maximum atomic E-state index is 13.3. The highest BCUT2D eigenvalue weighted by molar-refractivity contribution is 6.31. The predicted molar refractivity (Wildman–Crippen MR) is 112 cm³/mol. The molecule has 0 aliphatic rings. The summed E-state index contributed by atoms with van der Waals surface area (Å²) < 4.78 is 19.1.